The van der Waals surface area contributed by atoms with E-state index in [1.807, 2.05) is 0 Å². The van der Waals surface area contributed by atoms with Crippen LogP contribution in [0.25, 0.3) is 0 Å². The number of hydrogen-bond donors (Lipinski definition) is 1. The summed E-state index contributed by atoms with van der Waals surface area (Å²) < 4.78 is 73.3. The third-order valence-corrected chi connectivity index (χ3v) is 10.5. The van der Waals surface area contributed by atoms with Crippen molar-refractivity contribution in [3.63, 3.8) is 0 Å². The number of nitrogens with one attached hydrogen (secondary N) is 1. The van der Waals surface area contributed by atoms with Gasteiger partial charge in [-0.1, -0.05) is 66.7 Å². The first-order chi connectivity index (χ1) is 17.3. The van der Waals surface area contributed by atoms with Gasteiger partial charge in [-0.05, 0) is 57.0 Å². The third-order valence-electron chi connectivity index (χ3n) is 5.45. The molecule has 1 unspecified atom stereocenters. The van der Waals surface area contributed by atoms with Gasteiger partial charge in [0.05, 0.1) is 9.79 Å². The van der Waals surface area contributed by atoms with Crippen molar-refractivity contribution in [3.8, 4) is 0 Å². The van der Waals surface area contributed by atoms with E-state index >= 15 is 4.39 Å². The number of halogens is 1. The molecule has 1 amide bonds. The van der Waals surface area contributed by atoms with Crippen LogP contribution in [0.2, 0.25) is 0 Å². The van der Waals surface area contributed by atoms with Gasteiger partial charge in [-0.15, -0.1) is 0 Å². The van der Waals surface area contributed by atoms with Crippen molar-refractivity contribution >= 4 is 25.8 Å². The highest BCUT2D eigenvalue weighted by atomic mass is 32.3. The number of alkyl halides is 1. The molecule has 0 heterocycles. The Kier molecular flexibility index (Phi) is 8.44. The molecule has 7 nitrogen and oxygen atoms in total. The zero-order valence-corrected chi connectivity index (χ0v) is 22.4. The zero-order chi connectivity index (χ0) is 27.3. The van der Waals surface area contributed by atoms with Crippen LogP contribution in [0.15, 0.2) is 101 Å². The summed E-state index contributed by atoms with van der Waals surface area (Å²) in [6.45, 7) is 4.91. The van der Waals surface area contributed by atoms with Gasteiger partial charge in [0.2, 0.25) is 19.7 Å². The standard InChI is InChI=1S/C27H30FNO6S2/c1-26(2,3)35-25(30)29-22(19-21-13-7-4-8-14-21)20-27(28,36(31,32)23-15-9-5-10-16-23)37(33,34)24-17-11-6-12-18-24/h4-18,22H,19-20H2,1-3H3,(H,29,30). The van der Waals surface area contributed by atoms with E-state index in [4.69, 9.17) is 4.74 Å². The second kappa shape index (κ2) is 11.0. The van der Waals surface area contributed by atoms with Crippen LogP contribution in [0.1, 0.15) is 32.8 Å². The molecule has 0 saturated heterocycles. The highest BCUT2D eigenvalue weighted by Gasteiger charge is 2.58. The molecule has 0 fully saturated rings. The largest absolute Gasteiger partial charge is 0.444 e. The van der Waals surface area contributed by atoms with E-state index in [9.17, 15) is 21.6 Å². The van der Waals surface area contributed by atoms with Gasteiger partial charge in [-0.25, -0.2) is 26.0 Å². The molecule has 0 aromatic heterocycles. The van der Waals surface area contributed by atoms with Crippen molar-refractivity contribution in [1.29, 1.82) is 0 Å². The SMILES string of the molecule is CC(C)(C)OC(=O)NC(Cc1ccccc1)CC(F)(S(=O)(=O)c1ccccc1)S(=O)(=O)c1ccccc1. The highest BCUT2D eigenvalue weighted by molar-refractivity contribution is 8.10. The van der Waals surface area contributed by atoms with Crippen LogP contribution in [0, 0.1) is 0 Å². The van der Waals surface area contributed by atoms with Gasteiger partial charge in [-0.3, -0.25) is 0 Å². The predicted octanol–water partition coefficient (Wildman–Crippen LogP) is 5.08. The minimum Gasteiger partial charge on any atom is -0.444 e. The normalized spacial score (nSPS) is 13.5. The number of ether oxygens (including phenoxy) is 1. The Morgan fingerprint density at radius 2 is 1.19 bits per heavy atom. The van der Waals surface area contributed by atoms with Gasteiger partial charge in [0, 0.05) is 12.5 Å². The molecule has 1 atom stereocenters. The molecule has 3 aromatic rings. The van der Waals surface area contributed by atoms with Crippen molar-refractivity contribution in [2.45, 2.75) is 59.4 Å². The van der Waals surface area contributed by atoms with Gasteiger partial charge < -0.3 is 10.1 Å². The minimum absolute atomic E-state index is 0.0413. The summed E-state index contributed by atoms with van der Waals surface area (Å²) in [6.07, 6.45) is -2.04. The molecule has 3 rings (SSSR count). The van der Waals surface area contributed by atoms with Crippen molar-refractivity contribution in [3.05, 3.63) is 96.6 Å². The van der Waals surface area contributed by atoms with Crippen molar-refractivity contribution in [2.75, 3.05) is 0 Å². The Bertz CT molecular complexity index is 1340. The van der Waals surface area contributed by atoms with Crippen LogP contribution in [0.5, 0.6) is 0 Å². The Hall–Kier alpha value is -3.24. The lowest BCUT2D eigenvalue weighted by Crippen LogP contribution is -2.50. The quantitative estimate of drug-likeness (QED) is 0.400. The molecule has 0 spiro atoms. The molecule has 0 aliphatic carbocycles. The molecular formula is C27H30FNO6S2. The topological polar surface area (TPSA) is 107 Å². The van der Waals surface area contributed by atoms with Gasteiger partial charge in [0.15, 0.2) is 0 Å². The maximum atomic E-state index is 17.1. The molecule has 0 saturated carbocycles. The number of rotatable bonds is 9. The van der Waals surface area contributed by atoms with Crippen LogP contribution < -0.4 is 5.32 Å². The molecule has 0 radical (unpaired) electrons. The number of benzene rings is 3. The number of hydrogen-bond acceptors (Lipinski definition) is 6. The maximum Gasteiger partial charge on any atom is 0.407 e. The molecule has 0 aliphatic rings. The summed E-state index contributed by atoms with van der Waals surface area (Å²) in [5.74, 6) is 0. The van der Waals surface area contributed by atoms with Crippen molar-refractivity contribution in [1.82, 2.24) is 5.32 Å². The Morgan fingerprint density at radius 1 is 0.784 bits per heavy atom. The Balaban J connectivity index is 2.14. The van der Waals surface area contributed by atoms with Gasteiger partial charge in [0.25, 0.3) is 0 Å². The number of amides is 1. The molecular weight excluding hydrogens is 517 g/mol. The number of carbonyl (C=O) groups is 1. The second-order valence-corrected chi connectivity index (χ2v) is 14.0. The predicted molar refractivity (Wildman–Crippen MR) is 139 cm³/mol. The fraction of sp³-hybridized carbons (Fsp3) is 0.296. The van der Waals surface area contributed by atoms with Crippen molar-refractivity contribution in [2.24, 2.45) is 0 Å². The summed E-state index contributed by atoms with van der Waals surface area (Å²) in [7, 11) is -10.2. The lowest BCUT2D eigenvalue weighted by Gasteiger charge is -2.30. The van der Waals surface area contributed by atoms with Crippen LogP contribution in [-0.4, -0.2) is 38.9 Å². The fourth-order valence-electron chi connectivity index (χ4n) is 3.76. The van der Waals surface area contributed by atoms with E-state index < -0.39 is 58.0 Å². The molecule has 3 aromatic carbocycles. The van der Waals surface area contributed by atoms with Crippen LogP contribution in [0.3, 0.4) is 0 Å². The summed E-state index contributed by atoms with van der Waals surface area (Å²) in [5, 5.41) is 2.49. The van der Waals surface area contributed by atoms with Crippen LogP contribution in [-0.2, 0) is 30.8 Å². The average Bonchev–Trinajstić information content (AvgIpc) is 2.84. The van der Waals surface area contributed by atoms with E-state index in [1.165, 1.54) is 36.4 Å². The lowest BCUT2D eigenvalue weighted by molar-refractivity contribution is 0.0496. The summed E-state index contributed by atoms with van der Waals surface area (Å²) >= 11 is 0. The fourth-order valence-corrected chi connectivity index (χ4v) is 8.07. The first kappa shape index (κ1) is 28.3. The number of alkyl carbamates (subject to hydrolysis) is 1. The summed E-state index contributed by atoms with van der Waals surface area (Å²) in [6, 6.07) is 20.5. The van der Waals surface area contributed by atoms with Crippen LogP contribution >= 0.6 is 0 Å². The Morgan fingerprint density at radius 3 is 1.59 bits per heavy atom. The molecule has 198 valence electrons. The monoisotopic (exact) mass is 547 g/mol. The van der Waals surface area contributed by atoms with E-state index in [1.54, 1.807) is 51.1 Å². The minimum atomic E-state index is -5.11. The number of sulfone groups is 2. The smallest absolute Gasteiger partial charge is 0.407 e. The Labute approximate surface area is 217 Å². The molecule has 1 N–H and O–H groups in total. The van der Waals surface area contributed by atoms with E-state index in [0.717, 1.165) is 24.3 Å². The van der Waals surface area contributed by atoms with E-state index in [0.29, 0.717) is 5.56 Å². The first-order valence-corrected chi connectivity index (χ1v) is 14.5. The summed E-state index contributed by atoms with van der Waals surface area (Å²) in [4.78, 5) is 11.6. The van der Waals surface area contributed by atoms with Crippen molar-refractivity contribution < 1.29 is 30.8 Å². The molecule has 0 aliphatic heterocycles. The lowest BCUT2D eigenvalue weighted by atomic mass is 10.0. The molecule has 0 bridgehead atoms. The molecule has 10 heteroatoms. The van der Waals surface area contributed by atoms with Crippen LogP contribution in [0.4, 0.5) is 9.18 Å². The maximum absolute atomic E-state index is 17.1. The van der Waals surface area contributed by atoms with Gasteiger partial charge in [-0.2, -0.15) is 0 Å². The van der Waals surface area contributed by atoms with E-state index in [2.05, 4.69) is 5.32 Å². The molecule has 37 heavy (non-hydrogen) atoms. The highest BCUT2D eigenvalue weighted by Crippen LogP contribution is 2.41. The zero-order valence-electron chi connectivity index (χ0n) is 20.8. The second-order valence-electron chi connectivity index (χ2n) is 9.53. The van der Waals surface area contributed by atoms with Gasteiger partial charge >= 0.3 is 10.4 Å². The third kappa shape index (κ3) is 6.56. The first-order valence-electron chi connectivity index (χ1n) is 11.6. The summed E-state index contributed by atoms with van der Waals surface area (Å²) in [5.41, 5.74) is -0.249. The van der Waals surface area contributed by atoms with Gasteiger partial charge in [0.1, 0.15) is 5.60 Å². The van der Waals surface area contributed by atoms with E-state index in [-0.39, 0.29) is 6.42 Å². The average molecular weight is 548 g/mol. The number of carbonyl (C=O) groups excluding carboxylic acids is 1.